The van der Waals surface area contributed by atoms with E-state index in [9.17, 15) is 5.11 Å². The minimum Gasteiger partial charge on any atom is -0.392 e. The molecule has 92 valence electrons. The average Bonchev–Trinajstić information content (AvgIpc) is 2.95. The molecule has 3 aromatic heterocycles. The maximum atomic E-state index is 9.38. The molecule has 0 fully saturated rings. The minimum atomic E-state index is 0.0425. The quantitative estimate of drug-likeness (QED) is 0.802. The number of hydrogen-bond donors (Lipinski definition) is 1. The summed E-state index contributed by atoms with van der Waals surface area (Å²) in [5.74, 6) is 0. The fraction of sp³-hybridized carbons (Fsp3) is 0.154. The van der Waals surface area contributed by atoms with E-state index in [2.05, 4.69) is 30.9 Å². The standard InChI is InChI=1S/C13H11BrN2OS/c14-11-3-5-18-12(11)7-16-6-9(8-17)10-2-1-4-15-13(10)16/h1-6,17H,7-8H2. The van der Waals surface area contributed by atoms with Crippen LogP contribution in [0.4, 0.5) is 0 Å². The molecule has 0 atom stereocenters. The number of thiophene rings is 1. The first-order valence-electron chi connectivity index (χ1n) is 5.55. The molecule has 0 saturated carbocycles. The van der Waals surface area contributed by atoms with Crippen molar-refractivity contribution < 1.29 is 5.11 Å². The highest BCUT2D eigenvalue weighted by Gasteiger charge is 2.10. The normalized spacial score (nSPS) is 11.2. The molecule has 0 radical (unpaired) electrons. The Labute approximate surface area is 117 Å². The van der Waals surface area contributed by atoms with Crippen molar-refractivity contribution >= 4 is 38.3 Å². The van der Waals surface area contributed by atoms with Crippen molar-refractivity contribution in [3.63, 3.8) is 0 Å². The molecule has 3 aromatic rings. The number of aromatic nitrogens is 2. The summed E-state index contributed by atoms with van der Waals surface area (Å²) in [6.45, 7) is 0.812. The summed E-state index contributed by atoms with van der Waals surface area (Å²) in [7, 11) is 0. The lowest BCUT2D eigenvalue weighted by molar-refractivity contribution is 0.283. The van der Waals surface area contributed by atoms with Gasteiger partial charge in [-0.15, -0.1) is 11.3 Å². The zero-order valence-electron chi connectivity index (χ0n) is 9.51. The van der Waals surface area contributed by atoms with Crippen molar-refractivity contribution in [2.75, 3.05) is 0 Å². The monoisotopic (exact) mass is 322 g/mol. The largest absolute Gasteiger partial charge is 0.392 e. The first-order chi connectivity index (χ1) is 8.79. The molecule has 0 aliphatic rings. The maximum absolute atomic E-state index is 9.38. The predicted molar refractivity (Wildman–Crippen MR) is 76.8 cm³/mol. The number of rotatable bonds is 3. The smallest absolute Gasteiger partial charge is 0.140 e. The first kappa shape index (κ1) is 11.9. The molecule has 0 aliphatic heterocycles. The Morgan fingerprint density at radius 3 is 3.00 bits per heavy atom. The molecule has 0 bridgehead atoms. The van der Waals surface area contributed by atoms with Gasteiger partial charge in [0.05, 0.1) is 13.2 Å². The molecule has 18 heavy (non-hydrogen) atoms. The van der Waals surface area contributed by atoms with Gasteiger partial charge in [-0.2, -0.15) is 0 Å². The van der Waals surface area contributed by atoms with Crippen LogP contribution in [0.15, 0.2) is 40.4 Å². The SMILES string of the molecule is OCc1cn(Cc2sccc2Br)c2ncccc12. The van der Waals surface area contributed by atoms with Crippen LogP contribution in [0.2, 0.25) is 0 Å². The molecule has 0 aliphatic carbocycles. The lowest BCUT2D eigenvalue weighted by Gasteiger charge is -2.02. The van der Waals surface area contributed by atoms with Gasteiger partial charge in [0.15, 0.2) is 0 Å². The fourth-order valence-electron chi connectivity index (χ4n) is 2.03. The third-order valence-corrected chi connectivity index (χ3v) is 4.80. The van der Waals surface area contributed by atoms with E-state index in [0.29, 0.717) is 0 Å². The van der Waals surface area contributed by atoms with E-state index in [1.165, 1.54) is 4.88 Å². The number of hydrogen-bond acceptors (Lipinski definition) is 3. The van der Waals surface area contributed by atoms with Crippen molar-refractivity contribution in [3.05, 3.63) is 50.9 Å². The van der Waals surface area contributed by atoms with Gasteiger partial charge in [0.25, 0.3) is 0 Å². The zero-order chi connectivity index (χ0) is 12.5. The Morgan fingerprint density at radius 1 is 1.39 bits per heavy atom. The van der Waals surface area contributed by atoms with E-state index in [4.69, 9.17) is 0 Å². The Hall–Kier alpha value is -1.17. The lowest BCUT2D eigenvalue weighted by atomic mass is 10.2. The second-order valence-electron chi connectivity index (χ2n) is 4.01. The van der Waals surface area contributed by atoms with Gasteiger partial charge in [0.2, 0.25) is 0 Å². The Bertz CT molecular complexity index is 689. The summed E-state index contributed by atoms with van der Waals surface area (Å²) >= 11 is 5.25. The van der Waals surface area contributed by atoms with Gasteiger partial charge in [0.1, 0.15) is 5.65 Å². The molecule has 5 heteroatoms. The second-order valence-corrected chi connectivity index (χ2v) is 5.86. The van der Waals surface area contributed by atoms with Gasteiger partial charge in [-0.3, -0.25) is 0 Å². The molecule has 3 rings (SSSR count). The summed E-state index contributed by atoms with van der Waals surface area (Å²) in [4.78, 5) is 5.65. The van der Waals surface area contributed by atoms with E-state index in [0.717, 1.165) is 27.6 Å². The van der Waals surface area contributed by atoms with E-state index in [-0.39, 0.29) is 6.61 Å². The molecular formula is C13H11BrN2OS. The van der Waals surface area contributed by atoms with Crippen molar-refractivity contribution in [1.82, 2.24) is 9.55 Å². The zero-order valence-corrected chi connectivity index (χ0v) is 11.9. The van der Waals surface area contributed by atoms with Gasteiger partial charge in [-0.1, -0.05) is 0 Å². The number of aliphatic hydroxyl groups excluding tert-OH is 1. The fourth-order valence-corrected chi connectivity index (χ4v) is 3.51. The van der Waals surface area contributed by atoms with Crippen molar-refractivity contribution in [3.8, 4) is 0 Å². The maximum Gasteiger partial charge on any atom is 0.140 e. The van der Waals surface area contributed by atoms with Crippen LogP contribution in [0.3, 0.4) is 0 Å². The van der Waals surface area contributed by atoms with Gasteiger partial charge >= 0.3 is 0 Å². The van der Waals surface area contributed by atoms with Crippen LogP contribution in [0.25, 0.3) is 11.0 Å². The molecule has 0 saturated heterocycles. The van der Waals surface area contributed by atoms with E-state index in [1.807, 2.05) is 24.4 Å². The molecule has 1 N–H and O–H groups in total. The predicted octanol–water partition coefficient (Wildman–Crippen LogP) is 3.40. The van der Waals surface area contributed by atoms with Gasteiger partial charge in [-0.25, -0.2) is 4.98 Å². The van der Waals surface area contributed by atoms with Crippen LogP contribution in [0, 0.1) is 0 Å². The minimum absolute atomic E-state index is 0.0425. The summed E-state index contributed by atoms with van der Waals surface area (Å²) in [6.07, 6.45) is 3.76. The van der Waals surface area contributed by atoms with Crippen LogP contribution in [0.5, 0.6) is 0 Å². The number of pyridine rings is 1. The molecule has 0 unspecified atom stereocenters. The number of nitrogens with zero attached hydrogens (tertiary/aromatic N) is 2. The van der Waals surface area contributed by atoms with Crippen LogP contribution < -0.4 is 0 Å². The Kier molecular flexibility index (Phi) is 3.20. The Morgan fingerprint density at radius 2 is 2.28 bits per heavy atom. The van der Waals surface area contributed by atoms with Crippen molar-refractivity contribution in [2.24, 2.45) is 0 Å². The molecule has 3 nitrogen and oxygen atoms in total. The van der Waals surface area contributed by atoms with Crippen LogP contribution in [-0.4, -0.2) is 14.7 Å². The Balaban J connectivity index is 2.09. The highest BCUT2D eigenvalue weighted by Crippen LogP contribution is 2.26. The van der Waals surface area contributed by atoms with Gasteiger partial charge in [-0.05, 0) is 39.5 Å². The molecule has 0 spiro atoms. The summed E-state index contributed by atoms with van der Waals surface area (Å²) < 4.78 is 3.20. The van der Waals surface area contributed by atoms with Crippen LogP contribution in [0.1, 0.15) is 10.4 Å². The molecule has 0 amide bonds. The summed E-state index contributed by atoms with van der Waals surface area (Å²) in [5.41, 5.74) is 1.84. The number of halogens is 1. The van der Waals surface area contributed by atoms with Crippen LogP contribution in [-0.2, 0) is 13.2 Å². The van der Waals surface area contributed by atoms with Crippen molar-refractivity contribution in [2.45, 2.75) is 13.2 Å². The molecule has 0 aromatic carbocycles. The van der Waals surface area contributed by atoms with Gasteiger partial charge in [0, 0.05) is 32.7 Å². The highest BCUT2D eigenvalue weighted by molar-refractivity contribution is 9.10. The topological polar surface area (TPSA) is 38.0 Å². The average molecular weight is 323 g/mol. The number of aliphatic hydroxyl groups is 1. The van der Waals surface area contributed by atoms with E-state index in [1.54, 1.807) is 17.5 Å². The van der Waals surface area contributed by atoms with Crippen LogP contribution >= 0.6 is 27.3 Å². The third-order valence-electron chi connectivity index (χ3n) is 2.89. The summed E-state index contributed by atoms with van der Waals surface area (Å²) in [5, 5.41) is 12.5. The van der Waals surface area contributed by atoms with E-state index >= 15 is 0 Å². The van der Waals surface area contributed by atoms with Crippen molar-refractivity contribution in [1.29, 1.82) is 0 Å². The highest BCUT2D eigenvalue weighted by atomic mass is 79.9. The third kappa shape index (κ3) is 1.98. The van der Waals surface area contributed by atoms with E-state index < -0.39 is 0 Å². The second kappa shape index (κ2) is 4.84. The molecule has 3 heterocycles. The van der Waals surface area contributed by atoms with Gasteiger partial charge < -0.3 is 9.67 Å². The lowest BCUT2D eigenvalue weighted by Crippen LogP contribution is -1.97. The summed E-state index contributed by atoms with van der Waals surface area (Å²) in [6, 6.07) is 5.94. The number of fused-ring (bicyclic) bond motifs is 1. The molecular weight excluding hydrogens is 312 g/mol. The first-order valence-corrected chi connectivity index (χ1v) is 7.22.